The first kappa shape index (κ1) is 11.9. The third kappa shape index (κ3) is 4.75. The summed E-state index contributed by atoms with van der Waals surface area (Å²) in [5.74, 6) is 0.560. The molecule has 6 nitrogen and oxygen atoms in total. The van der Waals surface area contributed by atoms with Crippen LogP contribution in [-0.4, -0.2) is 36.0 Å². The summed E-state index contributed by atoms with van der Waals surface area (Å²) in [6.45, 7) is 5.77. The zero-order valence-electron chi connectivity index (χ0n) is 9.19. The Bertz CT molecular complexity index is 275. The average Bonchev–Trinajstić information content (AvgIpc) is 2.61. The van der Waals surface area contributed by atoms with E-state index < -0.39 is 0 Å². The van der Waals surface area contributed by atoms with E-state index in [0.29, 0.717) is 38.0 Å². The number of ether oxygens (including phenoxy) is 1. The Labute approximate surface area is 89.2 Å². The van der Waals surface area contributed by atoms with Gasteiger partial charge in [-0.05, 0) is 13.8 Å². The monoisotopic (exact) mass is 214 g/mol. The molecule has 0 unspecified atom stereocenters. The second kappa shape index (κ2) is 6.36. The van der Waals surface area contributed by atoms with Crippen LogP contribution in [0, 0.1) is 0 Å². The van der Waals surface area contributed by atoms with Crippen molar-refractivity contribution < 1.29 is 9.15 Å². The van der Waals surface area contributed by atoms with Gasteiger partial charge in [-0.1, -0.05) is 5.10 Å². The highest BCUT2D eigenvalue weighted by Gasteiger charge is 2.03. The summed E-state index contributed by atoms with van der Waals surface area (Å²) >= 11 is 0. The fourth-order valence-electron chi connectivity index (χ4n) is 1.00. The summed E-state index contributed by atoms with van der Waals surface area (Å²) in [6.07, 6.45) is 0.847. The van der Waals surface area contributed by atoms with Crippen LogP contribution in [0.1, 0.15) is 19.7 Å². The van der Waals surface area contributed by atoms with E-state index in [9.17, 15) is 0 Å². The highest BCUT2D eigenvalue weighted by atomic mass is 16.5. The molecule has 15 heavy (non-hydrogen) atoms. The molecule has 0 saturated carbocycles. The van der Waals surface area contributed by atoms with E-state index in [1.165, 1.54) is 0 Å². The van der Waals surface area contributed by atoms with Crippen molar-refractivity contribution in [1.29, 1.82) is 0 Å². The largest absolute Gasteiger partial charge is 0.408 e. The van der Waals surface area contributed by atoms with Gasteiger partial charge >= 0.3 is 6.01 Å². The van der Waals surface area contributed by atoms with E-state index >= 15 is 0 Å². The molecule has 1 aromatic heterocycles. The van der Waals surface area contributed by atoms with Gasteiger partial charge in [-0.15, -0.1) is 5.10 Å². The minimum absolute atomic E-state index is 0.238. The lowest BCUT2D eigenvalue weighted by molar-refractivity contribution is 0.0868. The summed E-state index contributed by atoms with van der Waals surface area (Å²) in [7, 11) is 0. The molecule has 0 saturated heterocycles. The summed E-state index contributed by atoms with van der Waals surface area (Å²) in [6, 6.07) is 0.422. The van der Waals surface area contributed by atoms with E-state index in [1.54, 1.807) is 0 Å². The highest BCUT2D eigenvalue weighted by molar-refractivity contribution is 5.16. The van der Waals surface area contributed by atoms with Crippen molar-refractivity contribution >= 4 is 6.01 Å². The third-order valence-electron chi connectivity index (χ3n) is 1.65. The van der Waals surface area contributed by atoms with Crippen molar-refractivity contribution in [2.75, 3.05) is 25.0 Å². The summed E-state index contributed by atoms with van der Waals surface area (Å²) < 4.78 is 10.6. The lowest BCUT2D eigenvalue weighted by Gasteiger charge is -2.06. The Morgan fingerprint density at radius 2 is 2.27 bits per heavy atom. The standard InChI is InChI=1S/C9H18N4O2/c1-7(2)14-6-5-11-9-13-12-8(15-9)3-4-10/h7H,3-6,10H2,1-2H3,(H,11,13). The van der Waals surface area contributed by atoms with Crippen LogP contribution in [-0.2, 0) is 11.2 Å². The van der Waals surface area contributed by atoms with Gasteiger partial charge in [-0.3, -0.25) is 0 Å². The minimum Gasteiger partial charge on any atom is -0.408 e. The minimum atomic E-state index is 0.238. The van der Waals surface area contributed by atoms with Crippen LogP contribution in [0.3, 0.4) is 0 Å². The first-order valence-corrected chi connectivity index (χ1v) is 5.10. The lowest BCUT2D eigenvalue weighted by Crippen LogP contribution is -2.13. The molecular weight excluding hydrogens is 196 g/mol. The van der Waals surface area contributed by atoms with Gasteiger partial charge < -0.3 is 20.2 Å². The average molecular weight is 214 g/mol. The van der Waals surface area contributed by atoms with Gasteiger partial charge in [-0.25, -0.2) is 0 Å². The molecule has 1 heterocycles. The Morgan fingerprint density at radius 3 is 2.93 bits per heavy atom. The number of nitrogens with two attached hydrogens (primary N) is 1. The molecule has 6 heteroatoms. The van der Waals surface area contributed by atoms with Crippen LogP contribution in [0.5, 0.6) is 0 Å². The molecule has 0 atom stereocenters. The maximum atomic E-state index is 5.36. The fourth-order valence-corrected chi connectivity index (χ4v) is 1.00. The Morgan fingerprint density at radius 1 is 1.47 bits per heavy atom. The number of aromatic nitrogens is 2. The van der Waals surface area contributed by atoms with Gasteiger partial charge in [0.1, 0.15) is 0 Å². The normalized spacial score (nSPS) is 10.9. The first-order valence-electron chi connectivity index (χ1n) is 5.10. The van der Waals surface area contributed by atoms with Crippen molar-refractivity contribution in [2.45, 2.75) is 26.4 Å². The van der Waals surface area contributed by atoms with E-state index in [4.69, 9.17) is 14.9 Å². The van der Waals surface area contributed by atoms with Gasteiger partial charge in [0.15, 0.2) is 0 Å². The lowest BCUT2D eigenvalue weighted by atomic mass is 10.4. The molecular formula is C9H18N4O2. The van der Waals surface area contributed by atoms with E-state index in [-0.39, 0.29) is 6.10 Å². The van der Waals surface area contributed by atoms with Crippen molar-refractivity contribution in [3.8, 4) is 0 Å². The van der Waals surface area contributed by atoms with Crippen LogP contribution >= 0.6 is 0 Å². The van der Waals surface area contributed by atoms with Crippen LogP contribution < -0.4 is 11.1 Å². The fraction of sp³-hybridized carbons (Fsp3) is 0.778. The Balaban J connectivity index is 2.19. The first-order chi connectivity index (χ1) is 7.22. The summed E-state index contributed by atoms with van der Waals surface area (Å²) in [5, 5.41) is 10.6. The number of rotatable bonds is 7. The molecule has 0 amide bonds. The third-order valence-corrected chi connectivity index (χ3v) is 1.65. The highest BCUT2D eigenvalue weighted by Crippen LogP contribution is 2.04. The summed E-state index contributed by atoms with van der Waals surface area (Å²) in [4.78, 5) is 0. The van der Waals surface area contributed by atoms with Gasteiger partial charge in [0.05, 0.1) is 12.7 Å². The Hall–Kier alpha value is -1.14. The van der Waals surface area contributed by atoms with E-state index in [2.05, 4.69) is 15.5 Å². The van der Waals surface area contributed by atoms with Crippen molar-refractivity contribution in [3.63, 3.8) is 0 Å². The SMILES string of the molecule is CC(C)OCCNc1nnc(CCN)o1. The molecule has 86 valence electrons. The molecule has 0 aromatic carbocycles. The molecule has 0 spiro atoms. The molecule has 0 fully saturated rings. The molecule has 3 N–H and O–H groups in total. The van der Waals surface area contributed by atoms with E-state index in [0.717, 1.165) is 0 Å². The number of hydrogen-bond donors (Lipinski definition) is 2. The van der Waals surface area contributed by atoms with Gasteiger partial charge in [0.25, 0.3) is 0 Å². The zero-order valence-corrected chi connectivity index (χ0v) is 9.19. The molecule has 1 rings (SSSR count). The predicted molar refractivity (Wildman–Crippen MR) is 56.6 cm³/mol. The molecule has 0 aliphatic carbocycles. The maximum absolute atomic E-state index is 5.36. The number of anilines is 1. The predicted octanol–water partition coefficient (Wildman–Crippen LogP) is 0.408. The smallest absolute Gasteiger partial charge is 0.315 e. The maximum Gasteiger partial charge on any atom is 0.315 e. The van der Waals surface area contributed by atoms with Crippen molar-refractivity contribution in [3.05, 3.63) is 5.89 Å². The molecule has 0 bridgehead atoms. The van der Waals surface area contributed by atoms with Crippen LogP contribution in [0.15, 0.2) is 4.42 Å². The molecule has 0 aliphatic rings. The second-order valence-corrected chi connectivity index (χ2v) is 3.39. The van der Waals surface area contributed by atoms with Crippen molar-refractivity contribution in [2.24, 2.45) is 5.73 Å². The second-order valence-electron chi connectivity index (χ2n) is 3.39. The van der Waals surface area contributed by atoms with Crippen molar-refractivity contribution in [1.82, 2.24) is 10.2 Å². The van der Waals surface area contributed by atoms with E-state index in [1.807, 2.05) is 13.8 Å². The van der Waals surface area contributed by atoms with Gasteiger partial charge in [0, 0.05) is 19.5 Å². The number of hydrogen-bond acceptors (Lipinski definition) is 6. The van der Waals surface area contributed by atoms with Gasteiger partial charge in [0.2, 0.25) is 5.89 Å². The molecule has 0 aliphatic heterocycles. The molecule has 0 radical (unpaired) electrons. The van der Waals surface area contributed by atoms with Gasteiger partial charge in [-0.2, -0.15) is 0 Å². The summed E-state index contributed by atoms with van der Waals surface area (Å²) in [5.41, 5.74) is 5.36. The van der Waals surface area contributed by atoms with Crippen LogP contribution in [0.25, 0.3) is 0 Å². The van der Waals surface area contributed by atoms with Crippen LogP contribution in [0.4, 0.5) is 6.01 Å². The topological polar surface area (TPSA) is 86.2 Å². The van der Waals surface area contributed by atoms with Crippen LogP contribution in [0.2, 0.25) is 0 Å². The quantitative estimate of drug-likeness (QED) is 0.639. The zero-order chi connectivity index (χ0) is 11.1. The number of nitrogens with one attached hydrogen (secondary N) is 1. The molecule has 1 aromatic rings. The number of nitrogens with zero attached hydrogens (tertiary/aromatic N) is 2. The Kier molecular flexibility index (Phi) is 5.06.